The Morgan fingerprint density at radius 2 is 2.12 bits per heavy atom. The lowest BCUT2D eigenvalue weighted by Gasteiger charge is -2.16. The van der Waals surface area contributed by atoms with Gasteiger partial charge in [0.2, 0.25) is 5.91 Å². The van der Waals surface area contributed by atoms with Gasteiger partial charge in [0.05, 0.1) is 12.6 Å². The molecule has 0 aliphatic rings. The molecule has 3 heteroatoms. The van der Waals surface area contributed by atoms with E-state index >= 15 is 0 Å². The molecule has 0 saturated carbocycles. The summed E-state index contributed by atoms with van der Waals surface area (Å²) in [5, 5.41) is 12.0. The Balaban J connectivity index is 2.44. The molecule has 0 unspecified atom stereocenters. The first-order valence-corrected chi connectivity index (χ1v) is 5.64. The number of carbonyl (C=O) groups is 1. The van der Waals surface area contributed by atoms with Crippen LogP contribution in [0.2, 0.25) is 0 Å². The molecule has 1 aromatic carbocycles. The highest BCUT2D eigenvalue weighted by molar-refractivity contribution is 5.76. The molecule has 3 nitrogen and oxygen atoms in total. The predicted molar refractivity (Wildman–Crippen MR) is 67.2 cm³/mol. The molecule has 0 fully saturated rings. The zero-order chi connectivity index (χ0) is 12.5. The smallest absolute Gasteiger partial charge is 0.221 e. The summed E-state index contributed by atoms with van der Waals surface area (Å²) >= 11 is 0. The van der Waals surface area contributed by atoms with Crippen molar-refractivity contribution in [1.29, 1.82) is 0 Å². The highest BCUT2D eigenvalue weighted by Gasteiger charge is 2.11. The fourth-order valence-electron chi connectivity index (χ4n) is 1.55. The zero-order valence-corrected chi connectivity index (χ0v) is 9.73. The molecular weight excluding hydrogens is 214 g/mol. The quantitative estimate of drug-likeness (QED) is 0.721. The second-order valence-corrected chi connectivity index (χ2v) is 3.84. The van der Waals surface area contributed by atoms with Gasteiger partial charge in [0.25, 0.3) is 0 Å². The third-order valence-electron chi connectivity index (χ3n) is 2.41. The molecule has 0 saturated heterocycles. The molecule has 1 atom stereocenters. The summed E-state index contributed by atoms with van der Waals surface area (Å²) in [4.78, 5) is 11.4. The van der Waals surface area contributed by atoms with Crippen molar-refractivity contribution in [3.8, 4) is 12.3 Å². The highest BCUT2D eigenvalue weighted by atomic mass is 16.3. The first kappa shape index (κ1) is 13.3. The van der Waals surface area contributed by atoms with Gasteiger partial charge in [0.1, 0.15) is 0 Å². The Morgan fingerprint density at radius 1 is 1.41 bits per heavy atom. The number of carbonyl (C=O) groups excluding carboxylic acids is 1. The van der Waals surface area contributed by atoms with Gasteiger partial charge in [0.15, 0.2) is 0 Å². The SMILES string of the molecule is C#CCCC(=O)N[C@H](CO)Cc1ccccc1. The van der Waals surface area contributed by atoms with Crippen molar-refractivity contribution in [3.05, 3.63) is 35.9 Å². The van der Waals surface area contributed by atoms with E-state index in [9.17, 15) is 9.90 Å². The van der Waals surface area contributed by atoms with Crippen LogP contribution in [0.25, 0.3) is 0 Å². The zero-order valence-electron chi connectivity index (χ0n) is 9.73. The molecule has 0 heterocycles. The van der Waals surface area contributed by atoms with Crippen molar-refractivity contribution in [2.45, 2.75) is 25.3 Å². The molecular formula is C14H17NO2. The van der Waals surface area contributed by atoms with Crippen LogP contribution in [0.4, 0.5) is 0 Å². The predicted octanol–water partition coefficient (Wildman–Crippen LogP) is 1.12. The van der Waals surface area contributed by atoms with Gasteiger partial charge in [-0.1, -0.05) is 30.3 Å². The van der Waals surface area contributed by atoms with Crippen LogP contribution in [0, 0.1) is 12.3 Å². The number of aliphatic hydroxyl groups is 1. The second-order valence-electron chi connectivity index (χ2n) is 3.84. The molecule has 17 heavy (non-hydrogen) atoms. The fourth-order valence-corrected chi connectivity index (χ4v) is 1.55. The minimum Gasteiger partial charge on any atom is -0.394 e. The van der Waals surface area contributed by atoms with Crippen molar-refractivity contribution >= 4 is 5.91 Å². The topological polar surface area (TPSA) is 49.3 Å². The first-order valence-electron chi connectivity index (χ1n) is 5.64. The monoisotopic (exact) mass is 231 g/mol. The third kappa shape index (κ3) is 5.19. The fraction of sp³-hybridized carbons (Fsp3) is 0.357. The van der Waals surface area contributed by atoms with Crippen LogP contribution in [0.3, 0.4) is 0 Å². The van der Waals surface area contributed by atoms with Crippen molar-refractivity contribution in [1.82, 2.24) is 5.32 Å². The minimum absolute atomic E-state index is 0.0727. The molecule has 0 aliphatic carbocycles. The normalized spacial score (nSPS) is 11.5. The average Bonchev–Trinajstić information content (AvgIpc) is 2.36. The summed E-state index contributed by atoms with van der Waals surface area (Å²) in [5.74, 6) is 2.30. The van der Waals surface area contributed by atoms with Crippen molar-refractivity contribution in [2.24, 2.45) is 0 Å². The molecule has 0 aromatic heterocycles. The van der Waals surface area contributed by atoms with Gasteiger partial charge in [-0.05, 0) is 12.0 Å². The molecule has 0 spiro atoms. The average molecular weight is 231 g/mol. The van der Waals surface area contributed by atoms with Crippen molar-refractivity contribution in [2.75, 3.05) is 6.61 Å². The van der Waals surface area contributed by atoms with E-state index in [1.165, 1.54) is 0 Å². The van der Waals surface area contributed by atoms with Crippen LogP contribution < -0.4 is 5.32 Å². The van der Waals surface area contributed by atoms with Crippen molar-refractivity contribution in [3.63, 3.8) is 0 Å². The van der Waals surface area contributed by atoms with E-state index in [4.69, 9.17) is 6.42 Å². The summed E-state index contributed by atoms with van der Waals surface area (Å²) < 4.78 is 0. The Kier molecular flexibility index (Phi) is 5.84. The highest BCUT2D eigenvalue weighted by Crippen LogP contribution is 2.03. The van der Waals surface area contributed by atoms with Gasteiger partial charge in [0, 0.05) is 12.8 Å². The molecule has 2 N–H and O–H groups in total. The van der Waals surface area contributed by atoms with Crippen LogP contribution in [-0.2, 0) is 11.2 Å². The summed E-state index contributed by atoms with van der Waals surface area (Å²) in [5.41, 5.74) is 1.09. The third-order valence-corrected chi connectivity index (χ3v) is 2.41. The number of aliphatic hydroxyl groups excluding tert-OH is 1. The van der Waals surface area contributed by atoms with E-state index in [0.717, 1.165) is 5.56 Å². The number of rotatable bonds is 6. The van der Waals surface area contributed by atoms with Gasteiger partial charge < -0.3 is 10.4 Å². The van der Waals surface area contributed by atoms with E-state index in [-0.39, 0.29) is 18.6 Å². The lowest BCUT2D eigenvalue weighted by Crippen LogP contribution is -2.38. The Hall–Kier alpha value is -1.79. The van der Waals surface area contributed by atoms with Crippen LogP contribution >= 0.6 is 0 Å². The van der Waals surface area contributed by atoms with Gasteiger partial charge >= 0.3 is 0 Å². The van der Waals surface area contributed by atoms with Gasteiger partial charge in [-0.2, -0.15) is 0 Å². The molecule has 1 rings (SSSR count). The van der Waals surface area contributed by atoms with Crippen LogP contribution in [-0.4, -0.2) is 23.7 Å². The maximum atomic E-state index is 11.4. The lowest BCUT2D eigenvalue weighted by atomic mass is 10.1. The number of terminal acetylenes is 1. The molecule has 1 amide bonds. The summed E-state index contributed by atoms with van der Waals surface area (Å²) in [6.45, 7) is -0.0727. The standard InChI is InChI=1S/C14H17NO2/c1-2-3-9-14(17)15-13(11-16)10-12-7-5-4-6-8-12/h1,4-8,13,16H,3,9-11H2,(H,15,17)/t13-/m0/s1. The van der Waals surface area contributed by atoms with Crippen LogP contribution in [0.5, 0.6) is 0 Å². The number of nitrogens with one attached hydrogen (secondary N) is 1. The van der Waals surface area contributed by atoms with Gasteiger partial charge in [-0.25, -0.2) is 0 Å². The van der Waals surface area contributed by atoms with Crippen LogP contribution in [0.15, 0.2) is 30.3 Å². The molecule has 0 aliphatic heterocycles. The number of amides is 1. The minimum atomic E-state index is -0.248. The summed E-state index contributed by atoms with van der Waals surface area (Å²) in [7, 11) is 0. The number of hydrogen-bond acceptors (Lipinski definition) is 2. The molecule has 90 valence electrons. The second kappa shape index (κ2) is 7.48. The maximum Gasteiger partial charge on any atom is 0.221 e. The summed E-state index contributed by atoms with van der Waals surface area (Å²) in [6, 6.07) is 9.49. The lowest BCUT2D eigenvalue weighted by molar-refractivity contribution is -0.122. The molecule has 0 radical (unpaired) electrons. The number of hydrogen-bond donors (Lipinski definition) is 2. The first-order chi connectivity index (χ1) is 8.26. The van der Waals surface area contributed by atoms with E-state index in [0.29, 0.717) is 19.3 Å². The Bertz CT molecular complexity index is 381. The Labute approximate surface area is 102 Å². The van der Waals surface area contributed by atoms with E-state index in [2.05, 4.69) is 11.2 Å². The van der Waals surface area contributed by atoms with Crippen LogP contribution in [0.1, 0.15) is 18.4 Å². The largest absolute Gasteiger partial charge is 0.394 e. The van der Waals surface area contributed by atoms with E-state index in [1.54, 1.807) is 0 Å². The van der Waals surface area contributed by atoms with E-state index in [1.807, 2.05) is 30.3 Å². The van der Waals surface area contributed by atoms with Crippen molar-refractivity contribution < 1.29 is 9.90 Å². The number of benzene rings is 1. The maximum absolute atomic E-state index is 11.4. The van der Waals surface area contributed by atoms with E-state index < -0.39 is 0 Å². The molecule has 1 aromatic rings. The Morgan fingerprint density at radius 3 is 2.71 bits per heavy atom. The van der Waals surface area contributed by atoms with Gasteiger partial charge in [-0.15, -0.1) is 12.3 Å². The summed E-state index contributed by atoms with van der Waals surface area (Å²) in [6.07, 6.45) is 6.44. The van der Waals surface area contributed by atoms with Gasteiger partial charge in [-0.3, -0.25) is 4.79 Å². The molecule has 0 bridgehead atoms.